The van der Waals surface area contributed by atoms with E-state index in [2.05, 4.69) is 31.8 Å². The number of aromatic nitrogens is 1. The topological polar surface area (TPSA) is 62.7 Å². The van der Waals surface area contributed by atoms with Gasteiger partial charge < -0.3 is 14.7 Å². The average molecular weight is 316 g/mol. The number of carbonyl (C=O) groups is 1. The average Bonchev–Trinajstić information content (AvgIpc) is 3.03. The molecule has 0 saturated carbocycles. The molecule has 3 unspecified atom stereocenters. The normalized spacial score (nSPS) is 26.9. The van der Waals surface area contributed by atoms with Crippen LogP contribution in [0, 0.1) is 17.3 Å². The number of amides is 1. The summed E-state index contributed by atoms with van der Waals surface area (Å²) in [6.07, 6.45) is 5.91. The van der Waals surface area contributed by atoms with Gasteiger partial charge in [-0.05, 0) is 35.0 Å². The predicted molar refractivity (Wildman–Crippen MR) is 88.3 cm³/mol. The summed E-state index contributed by atoms with van der Waals surface area (Å²) in [5.74, 6) is 1.38. The summed E-state index contributed by atoms with van der Waals surface area (Å²) < 4.78 is 5.26. The molecule has 0 spiro atoms. The summed E-state index contributed by atoms with van der Waals surface area (Å²) in [6.45, 7) is 6.97. The van der Waals surface area contributed by atoms with Crippen LogP contribution >= 0.6 is 0 Å². The van der Waals surface area contributed by atoms with Crippen LogP contribution in [0.5, 0.6) is 5.75 Å². The fourth-order valence-electron chi connectivity index (χ4n) is 4.13. The summed E-state index contributed by atoms with van der Waals surface area (Å²) in [7, 11) is 1.64. The van der Waals surface area contributed by atoms with Crippen LogP contribution in [0.4, 0.5) is 4.79 Å². The van der Waals surface area contributed by atoms with E-state index < -0.39 is 6.09 Å². The SMILES string of the molecule is COc1cncc(C2=CC3C(C2)CN(C(=O)O)C3C(C)(C)C)c1. The Morgan fingerprint density at radius 2 is 2.13 bits per heavy atom. The Hall–Kier alpha value is -2.04. The number of rotatable bonds is 2. The third-order valence-corrected chi connectivity index (χ3v) is 5.00. The molecule has 1 amide bonds. The van der Waals surface area contributed by atoms with Gasteiger partial charge in [-0.3, -0.25) is 4.98 Å². The zero-order valence-corrected chi connectivity index (χ0v) is 14.1. The van der Waals surface area contributed by atoms with E-state index in [-0.39, 0.29) is 17.4 Å². The summed E-state index contributed by atoms with van der Waals surface area (Å²) in [5, 5.41) is 9.53. The molecule has 23 heavy (non-hydrogen) atoms. The van der Waals surface area contributed by atoms with Crippen molar-refractivity contribution >= 4 is 11.7 Å². The molecule has 3 rings (SSSR count). The highest BCUT2D eigenvalue weighted by molar-refractivity contribution is 5.71. The fraction of sp³-hybridized carbons (Fsp3) is 0.556. The number of carboxylic acid groups (broad SMARTS) is 1. The van der Waals surface area contributed by atoms with Gasteiger partial charge in [0, 0.05) is 24.7 Å². The highest BCUT2D eigenvalue weighted by Crippen LogP contribution is 2.49. The molecule has 1 N–H and O–H groups in total. The van der Waals surface area contributed by atoms with Gasteiger partial charge in [0.1, 0.15) is 5.75 Å². The minimum absolute atomic E-state index is 0.0149. The van der Waals surface area contributed by atoms with Crippen molar-refractivity contribution < 1.29 is 14.6 Å². The first kappa shape index (κ1) is 15.8. The minimum atomic E-state index is -0.808. The van der Waals surface area contributed by atoms with Crippen molar-refractivity contribution in [2.75, 3.05) is 13.7 Å². The van der Waals surface area contributed by atoms with Crippen LogP contribution in [-0.2, 0) is 0 Å². The van der Waals surface area contributed by atoms with E-state index in [1.54, 1.807) is 18.2 Å². The molecule has 1 aliphatic carbocycles. The van der Waals surface area contributed by atoms with Gasteiger partial charge in [-0.15, -0.1) is 0 Å². The number of allylic oxidation sites excluding steroid dienone is 1. The summed E-state index contributed by atoms with van der Waals surface area (Å²) in [4.78, 5) is 17.5. The maximum Gasteiger partial charge on any atom is 0.407 e. The number of pyridine rings is 1. The third kappa shape index (κ3) is 2.80. The summed E-state index contributed by atoms with van der Waals surface area (Å²) >= 11 is 0. The smallest absolute Gasteiger partial charge is 0.407 e. The molecule has 1 aromatic rings. The molecule has 3 atom stereocenters. The lowest BCUT2D eigenvalue weighted by Gasteiger charge is -2.36. The molecule has 124 valence electrons. The van der Waals surface area contributed by atoms with Crippen molar-refractivity contribution in [2.24, 2.45) is 17.3 Å². The second-order valence-corrected chi connectivity index (χ2v) is 7.59. The highest BCUT2D eigenvalue weighted by atomic mass is 16.5. The third-order valence-electron chi connectivity index (χ3n) is 5.00. The zero-order chi connectivity index (χ0) is 16.8. The van der Waals surface area contributed by atoms with Crippen molar-refractivity contribution in [1.29, 1.82) is 0 Å². The molecule has 2 heterocycles. The second-order valence-electron chi connectivity index (χ2n) is 7.59. The lowest BCUT2D eigenvalue weighted by Crippen LogP contribution is -2.45. The summed E-state index contributed by atoms with van der Waals surface area (Å²) in [5.41, 5.74) is 2.25. The lowest BCUT2D eigenvalue weighted by molar-refractivity contribution is 0.0978. The fourth-order valence-corrected chi connectivity index (χ4v) is 4.13. The van der Waals surface area contributed by atoms with Crippen LogP contribution in [0.25, 0.3) is 5.57 Å². The Morgan fingerprint density at radius 3 is 2.74 bits per heavy atom. The summed E-state index contributed by atoms with van der Waals surface area (Å²) in [6, 6.07) is 2.02. The number of nitrogens with zero attached hydrogens (tertiary/aromatic N) is 2. The van der Waals surface area contributed by atoms with Gasteiger partial charge in [-0.25, -0.2) is 4.79 Å². The molecule has 0 aromatic carbocycles. The van der Waals surface area contributed by atoms with Crippen molar-refractivity contribution in [3.8, 4) is 5.75 Å². The Balaban J connectivity index is 1.92. The number of hydrogen-bond acceptors (Lipinski definition) is 3. The molecule has 0 radical (unpaired) electrons. The van der Waals surface area contributed by atoms with Crippen LogP contribution in [0.2, 0.25) is 0 Å². The molecule has 2 aliphatic rings. The molecular formula is C18H24N2O3. The molecule has 5 heteroatoms. The van der Waals surface area contributed by atoms with Crippen LogP contribution in [0.15, 0.2) is 24.5 Å². The molecule has 5 nitrogen and oxygen atoms in total. The molecular weight excluding hydrogens is 292 g/mol. The van der Waals surface area contributed by atoms with Gasteiger partial charge in [-0.1, -0.05) is 26.8 Å². The van der Waals surface area contributed by atoms with Gasteiger partial charge in [0.15, 0.2) is 0 Å². The van der Waals surface area contributed by atoms with E-state index in [1.807, 2.05) is 12.3 Å². The zero-order valence-electron chi connectivity index (χ0n) is 14.1. The van der Waals surface area contributed by atoms with Crippen LogP contribution < -0.4 is 4.74 Å². The van der Waals surface area contributed by atoms with E-state index in [1.165, 1.54) is 5.57 Å². The van der Waals surface area contributed by atoms with Crippen molar-refractivity contribution in [1.82, 2.24) is 9.88 Å². The maximum atomic E-state index is 11.6. The monoisotopic (exact) mass is 316 g/mol. The van der Waals surface area contributed by atoms with Crippen molar-refractivity contribution in [2.45, 2.75) is 33.2 Å². The van der Waals surface area contributed by atoms with Crippen LogP contribution in [0.1, 0.15) is 32.8 Å². The van der Waals surface area contributed by atoms with Gasteiger partial charge in [0.25, 0.3) is 0 Å². The number of likely N-dealkylation sites (tertiary alicyclic amines) is 1. The van der Waals surface area contributed by atoms with E-state index in [4.69, 9.17) is 4.74 Å². The van der Waals surface area contributed by atoms with Gasteiger partial charge in [0.2, 0.25) is 0 Å². The molecule has 0 bridgehead atoms. The Bertz CT molecular complexity index is 648. The first-order valence-corrected chi connectivity index (χ1v) is 8.01. The van der Waals surface area contributed by atoms with Gasteiger partial charge in [0.05, 0.1) is 13.3 Å². The van der Waals surface area contributed by atoms with Crippen LogP contribution in [-0.4, -0.2) is 40.8 Å². The lowest BCUT2D eigenvalue weighted by atomic mass is 9.78. The predicted octanol–water partition coefficient (Wildman–Crippen LogP) is 3.52. The first-order chi connectivity index (χ1) is 10.8. The highest BCUT2D eigenvalue weighted by Gasteiger charge is 2.50. The van der Waals surface area contributed by atoms with Crippen LogP contribution in [0.3, 0.4) is 0 Å². The molecule has 1 aliphatic heterocycles. The van der Waals surface area contributed by atoms with Gasteiger partial charge >= 0.3 is 6.09 Å². The Morgan fingerprint density at radius 1 is 1.39 bits per heavy atom. The van der Waals surface area contributed by atoms with Gasteiger partial charge in [-0.2, -0.15) is 0 Å². The molecule has 1 fully saturated rings. The Labute approximate surface area is 137 Å². The number of fused-ring (bicyclic) bond motifs is 1. The first-order valence-electron chi connectivity index (χ1n) is 8.01. The van der Waals surface area contributed by atoms with E-state index in [0.717, 1.165) is 17.7 Å². The molecule has 1 saturated heterocycles. The number of hydrogen-bond donors (Lipinski definition) is 1. The number of methoxy groups -OCH3 is 1. The van der Waals surface area contributed by atoms with Crippen molar-refractivity contribution in [3.05, 3.63) is 30.1 Å². The second kappa shape index (κ2) is 5.55. The Kier molecular flexibility index (Phi) is 3.82. The standard InChI is InChI=1S/C18H24N2O3/c1-18(2,3)16-15-7-11(5-13(15)10-20(16)17(21)22)12-6-14(23-4)9-19-8-12/h6-9,13,15-16H,5,10H2,1-4H3,(H,21,22). The maximum absolute atomic E-state index is 11.6. The van der Waals surface area contributed by atoms with E-state index in [0.29, 0.717) is 12.5 Å². The van der Waals surface area contributed by atoms with Crippen molar-refractivity contribution in [3.63, 3.8) is 0 Å². The number of ether oxygens (including phenoxy) is 1. The quantitative estimate of drug-likeness (QED) is 0.907. The van der Waals surface area contributed by atoms with E-state index in [9.17, 15) is 9.90 Å². The minimum Gasteiger partial charge on any atom is -0.495 e. The largest absolute Gasteiger partial charge is 0.495 e. The molecule has 1 aromatic heterocycles. The van der Waals surface area contributed by atoms with E-state index >= 15 is 0 Å².